The number of fused-ring (bicyclic) bond motifs is 1. The van der Waals surface area contributed by atoms with Gasteiger partial charge in [-0.25, -0.2) is 0 Å². The minimum absolute atomic E-state index is 0.0374. The van der Waals surface area contributed by atoms with Gasteiger partial charge in [-0.2, -0.15) is 0 Å². The second-order valence-corrected chi connectivity index (χ2v) is 7.42. The molecule has 1 atom stereocenters. The molecule has 0 spiro atoms. The fourth-order valence-corrected chi connectivity index (χ4v) is 4.11. The number of aryl methyl sites for hydroxylation is 2. The Morgan fingerprint density at radius 3 is 2.69 bits per heavy atom. The molecular weight excluding hydrogens is 348 g/mol. The summed E-state index contributed by atoms with van der Waals surface area (Å²) in [5.41, 5.74) is 4.20. The van der Waals surface area contributed by atoms with Gasteiger partial charge in [-0.05, 0) is 67.6 Å². The first-order valence-electron chi connectivity index (χ1n) is 9.04. The normalized spacial score (nSPS) is 19.6. The lowest BCUT2D eigenvalue weighted by atomic mass is 10.1. The topological polar surface area (TPSA) is 40.6 Å². The lowest BCUT2D eigenvalue weighted by Crippen LogP contribution is -2.57. The molecular formula is C21H21ClN2O2. The third-order valence-corrected chi connectivity index (χ3v) is 5.62. The van der Waals surface area contributed by atoms with Crippen molar-refractivity contribution in [1.29, 1.82) is 0 Å². The van der Waals surface area contributed by atoms with E-state index in [0.717, 1.165) is 18.5 Å². The molecule has 4 nitrogen and oxygen atoms in total. The number of anilines is 1. The molecule has 1 heterocycles. The summed E-state index contributed by atoms with van der Waals surface area (Å²) in [6, 6.07) is 12.7. The van der Waals surface area contributed by atoms with E-state index >= 15 is 0 Å². The first kappa shape index (κ1) is 17.1. The molecule has 0 aromatic heterocycles. The minimum Gasteiger partial charge on any atom is -0.325 e. The second kappa shape index (κ2) is 6.76. The summed E-state index contributed by atoms with van der Waals surface area (Å²) < 4.78 is 0. The van der Waals surface area contributed by atoms with Crippen LogP contribution in [-0.4, -0.2) is 35.8 Å². The molecule has 1 unspecified atom stereocenters. The van der Waals surface area contributed by atoms with Gasteiger partial charge in [0.1, 0.15) is 6.04 Å². The Balaban J connectivity index is 1.54. The summed E-state index contributed by atoms with van der Waals surface area (Å²) in [4.78, 5) is 29.2. The zero-order valence-electron chi connectivity index (χ0n) is 14.7. The Labute approximate surface area is 158 Å². The van der Waals surface area contributed by atoms with Gasteiger partial charge in [-0.1, -0.05) is 23.7 Å². The van der Waals surface area contributed by atoms with E-state index in [-0.39, 0.29) is 11.8 Å². The summed E-state index contributed by atoms with van der Waals surface area (Å²) >= 11 is 6.00. The van der Waals surface area contributed by atoms with Crippen molar-refractivity contribution < 1.29 is 9.59 Å². The van der Waals surface area contributed by atoms with E-state index in [9.17, 15) is 9.59 Å². The molecule has 1 saturated heterocycles. The summed E-state index contributed by atoms with van der Waals surface area (Å²) in [7, 11) is 0. The summed E-state index contributed by atoms with van der Waals surface area (Å²) in [5, 5.41) is 0.520. The van der Waals surface area contributed by atoms with Crippen molar-refractivity contribution >= 4 is 29.1 Å². The van der Waals surface area contributed by atoms with E-state index in [1.165, 1.54) is 17.5 Å². The van der Waals surface area contributed by atoms with Crippen molar-refractivity contribution in [3.8, 4) is 0 Å². The molecule has 0 saturated carbocycles. The third-order valence-electron chi connectivity index (χ3n) is 5.38. The number of amides is 2. The molecule has 1 aliphatic carbocycles. The molecule has 2 aliphatic rings. The highest BCUT2D eigenvalue weighted by Crippen LogP contribution is 2.29. The second-order valence-electron chi connectivity index (χ2n) is 6.98. The van der Waals surface area contributed by atoms with Crippen molar-refractivity contribution in [3.63, 3.8) is 0 Å². The molecule has 0 N–H and O–H groups in total. The van der Waals surface area contributed by atoms with Crippen LogP contribution >= 0.6 is 11.6 Å². The van der Waals surface area contributed by atoms with Crippen molar-refractivity contribution in [2.75, 3.05) is 18.0 Å². The highest BCUT2D eigenvalue weighted by molar-refractivity contribution is 6.31. The molecule has 134 valence electrons. The smallest absolute Gasteiger partial charge is 0.254 e. The predicted molar refractivity (Wildman–Crippen MR) is 103 cm³/mol. The number of halogens is 1. The molecule has 0 bridgehead atoms. The molecule has 2 aromatic carbocycles. The quantitative estimate of drug-likeness (QED) is 0.810. The van der Waals surface area contributed by atoms with E-state index in [4.69, 9.17) is 11.6 Å². The van der Waals surface area contributed by atoms with Crippen LogP contribution in [0.3, 0.4) is 0 Å². The van der Waals surface area contributed by atoms with Crippen LogP contribution in [0.5, 0.6) is 0 Å². The summed E-state index contributed by atoms with van der Waals surface area (Å²) in [6.45, 7) is 2.81. The first-order chi connectivity index (χ1) is 12.5. The highest BCUT2D eigenvalue weighted by Gasteiger charge is 2.35. The largest absolute Gasteiger partial charge is 0.325 e. The van der Waals surface area contributed by atoms with Gasteiger partial charge in [0.25, 0.3) is 5.91 Å². The van der Waals surface area contributed by atoms with Crippen molar-refractivity contribution in [3.05, 3.63) is 64.2 Å². The average Bonchev–Trinajstić information content (AvgIpc) is 3.11. The molecule has 5 heteroatoms. The summed E-state index contributed by atoms with van der Waals surface area (Å²) in [6.07, 6.45) is 3.40. The Morgan fingerprint density at radius 2 is 1.88 bits per heavy atom. The molecule has 2 amide bonds. The Kier molecular flexibility index (Phi) is 4.45. The average molecular weight is 369 g/mol. The molecule has 1 aliphatic heterocycles. The maximum Gasteiger partial charge on any atom is 0.254 e. The van der Waals surface area contributed by atoms with Gasteiger partial charge in [0.05, 0.1) is 0 Å². The standard InChI is InChI=1S/C21H21ClN2O2/c1-14-20(25)24(19-9-8-15-4-2-5-16(15)13-19)11-10-23(14)21(26)17-6-3-7-18(22)12-17/h3,6-9,12-14H,2,4-5,10-11H2,1H3. The molecule has 26 heavy (non-hydrogen) atoms. The first-order valence-corrected chi connectivity index (χ1v) is 9.42. The van der Waals surface area contributed by atoms with Crippen LogP contribution in [-0.2, 0) is 17.6 Å². The summed E-state index contributed by atoms with van der Waals surface area (Å²) in [5.74, 6) is -0.188. The number of nitrogens with zero attached hydrogens (tertiary/aromatic N) is 2. The van der Waals surface area contributed by atoms with Crippen LogP contribution in [0.1, 0.15) is 34.8 Å². The van der Waals surface area contributed by atoms with Crippen LogP contribution in [0.2, 0.25) is 5.02 Å². The third kappa shape index (κ3) is 2.99. The SMILES string of the molecule is CC1C(=O)N(c2ccc3c(c2)CCC3)CCN1C(=O)c1cccc(Cl)c1. The van der Waals surface area contributed by atoms with Crippen LogP contribution in [0.25, 0.3) is 0 Å². The van der Waals surface area contributed by atoms with E-state index in [0.29, 0.717) is 23.7 Å². The van der Waals surface area contributed by atoms with E-state index in [1.54, 1.807) is 36.1 Å². The number of hydrogen-bond donors (Lipinski definition) is 0. The van der Waals surface area contributed by atoms with Crippen LogP contribution in [0.15, 0.2) is 42.5 Å². The van der Waals surface area contributed by atoms with Crippen molar-refractivity contribution in [1.82, 2.24) is 4.90 Å². The molecule has 4 rings (SSSR count). The number of rotatable bonds is 2. The number of carbonyl (C=O) groups excluding carboxylic acids is 2. The van der Waals surface area contributed by atoms with Gasteiger partial charge >= 0.3 is 0 Å². The maximum atomic E-state index is 12.9. The zero-order chi connectivity index (χ0) is 18.3. The fourth-order valence-electron chi connectivity index (χ4n) is 3.92. The van der Waals surface area contributed by atoms with Crippen LogP contribution in [0.4, 0.5) is 5.69 Å². The zero-order valence-corrected chi connectivity index (χ0v) is 15.5. The van der Waals surface area contributed by atoms with Gasteiger partial charge in [0.15, 0.2) is 0 Å². The van der Waals surface area contributed by atoms with Crippen molar-refractivity contribution in [2.45, 2.75) is 32.2 Å². The van der Waals surface area contributed by atoms with Crippen molar-refractivity contribution in [2.24, 2.45) is 0 Å². The monoisotopic (exact) mass is 368 g/mol. The van der Waals surface area contributed by atoms with E-state index in [1.807, 2.05) is 11.0 Å². The molecule has 2 aromatic rings. The number of piperazine rings is 1. The minimum atomic E-state index is -0.497. The van der Waals surface area contributed by atoms with Gasteiger partial charge in [-0.3, -0.25) is 9.59 Å². The lowest BCUT2D eigenvalue weighted by molar-refractivity contribution is -0.124. The highest BCUT2D eigenvalue weighted by atomic mass is 35.5. The van der Waals surface area contributed by atoms with Crippen LogP contribution < -0.4 is 4.90 Å². The van der Waals surface area contributed by atoms with Gasteiger partial charge in [-0.15, -0.1) is 0 Å². The van der Waals surface area contributed by atoms with Gasteiger partial charge < -0.3 is 9.80 Å². The Morgan fingerprint density at radius 1 is 1.08 bits per heavy atom. The van der Waals surface area contributed by atoms with Gasteiger partial charge in [0, 0.05) is 29.4 Å². The number of carbonyl (C=O) groups is 2. The molecule has 0 radical (unpaired) electrons. The van der Waals surface area contributed by atoms with E-state index < -0.39 is 6.04 Å². The van der Waals surface area contributed by atoms with Gasteiger partial charge in [0.2, 0.25) is 5.91 Å². The lowest BCUT2D eigenvalue weighted by Gasteiger charge is -2.39. The Hall–Kier alpha value is -2.33. The maximum absolute atomic E-state index is 12.9. The fraction of sp³-hybridized carbons (Fsp3) is 0.333. The molecule has 1 fully saturated rings. The Bertz CT molecular complexity index is 880. The number of hydrogen-bond acceptors (Lipinski definition) is 2. The predicted octanol–water partition coefficient (Wildman–Crippen LogP) is 3.71. The van der Waals surface area contributed by atoms with E-state index in [2.05, 4.69) is 12.1 Å². The number of benzene rings is 2. The van der Waals surface area contributed by atoms with Crippen LogP contribution in [0, 0.1) is 0 Å².